The lowest BCUT2D eigenvalue weighted by Crippen LogP contribution is -2.28. The molecular formula is C21H25F3O5. The van der Waals surface area contributed by atoms with Crippen LogP contribution in [0.4, 0.5) is 13.2 Å². The number of alkyl halides is 3. The minimum atomic E-state index is -4.60. The molecule has 0 radical (unpaired) electrons. The smallest absolute Gasteiger partial charge is 0.381 e. The molecule has 0 aliphatic carbocycles. The zero-order chi connectivity index (χ0) is 21.5. The van der Waals surface area contributed by atoms with E-state index in [1.807, 2.05) is 0 Å². The Labute approximate surface area is 168 Å². The van der Waals surface area contributed by atoms with E-state index in [1.54, 1.807) is 18.2 Å². The van der Waals surface area contributed by atoms with Crippen molar-refractivity contribution < 1.29 is 37.2 Å². The van der Waals surface area contributed by atoms with Gasteiger partial charge in [-0.25, -0.2) is 0 Å². The van der Waals surface area contributed by atoms with Crippen LogP contribution in [0.2, 0.25) is 0 Å². The van der Waals surface area contributed by atoms with E-state index in [4.69, 9.17) is 18.9 Å². The number of methoxy groups -OCH3 is 2. The van der Waals surface area contributed by atoms with Crippen molar-refractivity contribution in [2.75, 3.05) is 27.8 Å². The van der Waals surface area contributed by atoms with Crippen molar-refractivity contribution in [3.63, 3.8) is 0 Å². The Bertz CT molecular complexity index is 790. The molecule has 5 nitrogen and oxygen atoms in total. The van der Waals surface area contributed by atoms with Crippen LogP contribution < -0.4 is 0 Å². The van der Waals surface area contributed by atoms with Crippen molar-refractivity contribution in [3.8, 4) is 0 Å². The standard InChI is InChI=1S/C21H25F3O5/c1-20(25,17-6-4-5-7-18(17)21(22,23)24)19-10-15(11-28-13-26-2)8-9-16(19)12-29-14-27-3/h4-10,25H,11-14H2,1-3H3. The Balaban J connectivity index is 2.51. The van der Waals surface area contributed by atoms with Gasteiger partial charge < -0.3 is 24.1 Å². The number of hydrogen-bond donors (Lipinski definition) is 1. The summed E-state index contributed by atoms with van der Waals surface area (Å²) in [5.74, 6) is 0. The van der Waals surface area contributed by atoms with Crippen LogP contribution in [-0.2, 0) is 43.9 Å². The van der Waals surface area contributed by atoms with Crippen LogP contribution in [0, 0.1) is 0 Å². The number of aliphatic hydroxyl groups is 1. The van der Waals surface area contributed by atoms with Gasteiger partial charge in [0.2, 0.25) is 0 Å². The predicted molar refractivity (Wildman–Crippen MR) is 99.9 cm³/mol. The minimum absolute atomic E-state index is 0.0133. The third-order valence-corrected chi connectivity index (χ3v) is 4.38. The average Bonchev–Trinajstić information content (AvgIpc) is 2.68. The first-order valence-electron chi connectivity index (χ1n) is 8.86. The van der Waals surface area contributed by atoms with Gasteiger partial charge in [0.25, 0.3) is 0 Å². The van der Waals surface area contributed by atoms with Gasteiger partial charge >= 0.3 is 6.18 Å². The first kappa shape index (κ1) is 23.3. The molecule has 0 fully saturated rings. The van der Waals surface area contributed by atoms with Crippen molar-refractivity contribution in [1.29, 1.82) is 0 Å². The van der Waals surface area contributed by atoms with Crippen LogP contribution in [0.25, 0.3) is 0 Å². The normalized spacial score (nSPS) is 14.0. The highest BCUT2D eigenvalue weighted by atomic mass is 19.4. The Morgan fingerprint density at radius 3 is 2.00 bits per heavy atom. The molecule has 0 spiro atoms. The summed E-state index contributed by atoms with van der Waals surface area (Å²) in [5.41, 5.74) is -1.54. The summed E-state index contributed by atoms with van der Waals surface area (Å²) in [6, 6.07) is 10.1. The second-order valence-electron chi connectivity index (χ2n) is 6.62. The maximum atomic E-state index is 13.5. The van der Waals surface area contributed by atoms with Crippen LogP contribution in [0.3, 0.4) is 0 Å². The van der Waals surface area contributed by atoms with Crippen molar-refractivity contribution in [2.45, 2.75) is 31.9 Å². The van der Waals surface area contributed by atoms with Gasteiger partial charge in [-0.15, -0.1) is 0 Å². The molecule has 2 aromatic carbocycles. The maximum absolute atomic E-state index is 13.5. The summed E-state index contributed by atoms with van der Waals surface area (Å²) in [6.07, 6.45) is -4.60. The maximum Gasteiger partial charge on any atom is 0.416 e. The van der Waals surface area contributed by atoms with E-state index in [0.717, 1.165) is 6.07 Å². The fourth-order valence-corrected chi connectivity index (χ4v) is 3.07. The van der Waals surface area contributed by atoms with E-state index in [9.17, 15) is 18.3 Å². The highest BCUT2D eigenvalue weighted by Gasteiger charge is 2.40. The fourth-order valence-electron chi connectivity index (χ4n) is 3.07. The first-order chi connectivity index (χ1) is 13.7. The molecule has 0 saturated heterocycles. The number of ether oxygens (including phenoxy) is 4. The lowest BCUT2D eigenvalue weighted by Gasteiger charge is -2.30. The second-order valence-corrected chi connectivity index (χ2v) is 6.62. The highest BCUT2D eigenvalue weighted by molar-refractivity contribution is 5.46. The van der Waals surface area contributed by atoms with Crippen LogP contribution >= 0.6 is 0 Å². The van der Waals surface area contributed by atoms with Crippen molar-refractivity contribution >= 4 is 0 Å². The largest absolute Gasteiger partial charge is 0.416 e. The Morgan fingerprint density at radius 1 is 0.828 bits per heavy atom. The fraction of sp³-hybridized carbons (Fsp3) is 0.429. The molecule has 0 aromatic heterocycles. The van der Waals surface area contributed by atoms with E-state index in [0.29, 0.717) is 16.7 Å². The second kappa shape index (κ2) is 10.2. The van der Waals surface area contributed by atoms with E-state index >= 15 is 0 Å². The summed E-state index contributed by atoms with van der Waals surface area (Å²) >= 11 is 0. The molecule has 2 rings (SSSR count). The van der Waals surface area contributed by atoms with Gasteiger partial charge in [-0.1, -0.05) is 30.3 Å². The molecule has 29 heavy (non-hydrogen) atoms. The molecule has 0 saturated carbocycles. The van der Waals surface area contributed by atoms with Gasteiger partial charge in [0.05, 0.1) is 18.8 Å². The van der Waals surface area contributed by atoms with Crippen LogP contribution in [-0.4, -0.2) is 32.9 Å². The first-order valence-corrected chi connectivity index (χ1v) is 8.86. The van der Waals surface area contributed by atoms with Crippen molar-refractivity contribution in [3.05, 3.63) is 70.3 Å². The quantitative estimate of drug-likeness (QED) is 0.466. The molecule has 0 bridgehead atoms. The van der Waals surface area contributed by atoms with E-state index in [2.05, 4.69) is 0 Å². The van der Waals surface area contributed by atoms with E-state index in [-0.39, 0.29) is 32.4 Å². The summed E-state index contributed by atoms with van der Waals surface area (Å²) < 4.78 is 61.0. The summed E-state index contributed by atoms with van der Waals surface area (Å²) in [5, 5.41) is 11.3. The Morgan fingerprint density at radius 2 is 1.41 bits per heavy atom. The Hall–Kier alpha value is -1.97. The molecule has 1 N–H and O–H groups in total. The van der Waals surface area contributed by atoms with Crippen molar-refractivity contribution in [1.82, 2.24) is 0 Å². The third-order valence-electron chi connectivity index (χ3n) is 4.38. The predicted octanol–water partition coefficient (Wildman–Crippen LogP) is 4.20. The van der Waals surface area contributed by atoms with Gasteiger partial charge in [0.1, 0.15) is 19.2 Å². The zero-order valence-electron chi connectivity index (χ0n) is 16.6. The topological polar surface area (TPSA) is 57.2 Å². The third kappa shape index (κ3) is 6.01. The SMILES string of the molecule is COCOCc1ccc(COCOC)c(C(C)(O)c2ccccc2C(F)(F)F)c1. The monoisotopic (exact) mass is 414 g/mol. The van der Waals surface area contributed by atoms with Crippen LogP contribution in [0.1, 0.15) is 34.7 Å². The van der Waals surface area contributed by atoms with Crippen LogP contribution in [0.5, 0.6) is 0 Å². The van der Waals surface area contributed by atoms with Gasteiger partial charge in [0.15, 0.2) is 0 Å². The molecule has 160 valence electrons. The summed E-state index contributed by atoms with van der Waals surface area (Å²) in [7, 11) is 2.95. The summed E-state index contributed by atoms with van der Waals surface area (Å²) in [4.78, 5) is 0. The zero-order valence-corrected chi connectivity index (χ0v) is 16.6. The highest BCUT2D eigenvalue weighted by Crippen LogP contribution is 2.40. The van der Waals surface area contributed by atoms with Crippen molar-refractivity contribution in [2.24, 2.45) is 0 Å². The molecule has 0 heterocycles. The van der Waals surface area contributed by atoms with Gasteiger partial charge in [-0.3, -0.25) is 0 Å². The van der Waals surface area contributed by atoms with E-state index in [1.165, 1.54) is 39.3 Å². The molecular weight excluding hydrogens is 389 g/mol. The molecule has 1 atom stereocenters. The molecule has 8 heteroatoms. The average molecular weight is 414 g/mol. The van der Waals surface area contributed by atoms with E-state index < -0.39 is 17.3 Å². The molecule has 0 aliphatic heterocycles. The lowest BCUT2D eigenvalue weighted by atomic mass is 9.82. The Kier molecular flexibility index (Phi) is 8.18. The molecule has 2 aromatic rings. The number of hydrogen-bond acceptors (Lipinski definition) is 5. The van der Waals surface area contributed by atoms with Gasteiger partial charge in [-0.2, -0.15) is 13.2 Å². The number of rotatable bonds is 10. The van der Waals surface area contributed by atoms with Crippen LogP contribution in [0.15, 0.2) is 42.5 Å². The molecule has 0 aliphatic rings. The molecule has 0 amide bonds. The minimum Gasteiger partial charge on any atom is -0.381 e. The van der Waals surface area contributed by atoms with Gasteiger partial charge in [-0.05, 0) is 41.3 Å². The summed E-state index contributed by atoms with van der Waals surface area (Å²) in [6.45, 7) is 1.66. The lowest BCUT2D eigenvalue weighted by molar-refractivity contribution is -0.140. The number of halogens is 3. The number of benzene rings is 2. The molecule has 1 unspecified atom stereocenters. The van der Waals surface area contributed by atoms with Gasteiger partial charge in [0, 0.05) is 14.2 Å².